The number of piperazine rings is 1. The predicted molar refractivity (Wildman–Crippen MR) is 128 cm³/mol. The number of methoxy groups -OCH3 is 1. The fraction of sp³-hybridized carbons (Fsp3) is 0.440. The Hall–Kier alpha value is -3.02. The fourth-order valence-electron chi connectivity index (χ4n) is 4.67. The first kappa shape index (κ1) is 19.9. The summed E-state index contributed by atoms with van der Waals surface area (Å²) >= 11 is 0. The Morgan fingerprint density at radius 2 is 1.35 bits per heavy atom. The van der Waals surface area contributed by atoms with E-state index in [0.29, 0.717) is 0 Å². The molecule has 2 aromatic carbocycles. The van der Waals surface area contributed by atoms with Crippen LogP contribution in [0.3, 0.4) is 0 Å². The third kappa shape index (κ3) is 4.24. The van der Waals surface area contributed by atoms with Crippen molar-refractivity contribution in [3.63, 3.8) is 0 Å². The number of aromatic nitrogens is 2. The predicted octanol–water partition coefficient (Wildman–Crippen LogP) is 4.35. The zero-order valence-corrected chi connectivity index (χ0v) is 18.3. The van der Waals surface area contributed by atoms with Crippen molar-refractivity contribution in [1.82, 2.24) is 9.97 Å². The highest BCUT2D eigenvalue weighted by Gasteiger charge is 2.22. The highest BCUT2D eigenvalue weighted by molar-refractivity contribution is 5.90. The van der Waals surface area contributed by atoms with Crippen LogP contribution in [0, 0.1) is 0 Å². The van der Waals surface area contributed by atoms with Crippen molar-refractivity contribution in [3.05, 3.63) is 48.5 Å². The molecule has 0 unspecified atom stereocenters. The number of rotatable bonds is 4. The van der Waals surface area contributed by atoms with Gasteiger partial charge in [0.1, 0.15) is 11.6 Å². The van der Waals surface area contributed by atoms with Gasteiger partial charge in [0.05, 0.1) is 12.6 Å². The van der Waals surface area contributed by atoms with Gasteiger partial charge in [0.2, 0.25) is 5.95 Å². The molecule has 0 amide bonds. The molecule has 162 valence electrons. The van der Waals surface area contributed by atoms with E-state index in [1.54, 1.807) is 7.11 Å². The number of nitrogens with zero attached hydrogens (tertiary/aromatic N) is 5. The molecule has 0 radical (unpaired) electrons. The van der Waals surface area contributed by atoms with Gasteiger partial charge < -0.3 is 19.4 Å². The number of para-hydroxylation sites is 1. The van der Waals surface area contributed by atoms with Crippen LogP contribution in [0.1, 0.15) is 25.7 Å². The van der Waals surface area contributed by atoms with Crippen molar-refractivity contribution in [2.75, 3.05) is 61.1 Å². The molecule has 3 aromatic rings. The molecule has 2 fully saturated rings. The van der Waals surface area contributed by atoms with Gasteiger partial charge in [-0.3, -0.25) is 0 Å². The summed E-state index contributed by atoms with van der Waals surface area (Å²) in [5, 5.41) is 1.17. The zero-order valence-electron chi connectivity index (χ0n) is 18.3. The molecule has 0 spiro atoms. The van der Waals surface area contributed by atoms with E-state index >= 15 is 0 Å². The van der Waals surface area contributed by atoms with Crippen LogP contribution >= 0.6 is 0 Å². The van der Waals surface area contributed by atoms with E-state index in [0.717, 1.165) is 62.3 Å². The number of anilines is 3. The van der Waals surface area contributed by atoms with E-state index in [1.165, 1.54) is 36.8 Å². The number of fused-ring (bicyclic) bond motifs is 1. The van der Waals surface area contributed by atoms with Crippen LogP contribution in [0.2, 0.25) is 0 Å². The van der Waals surface area contributed by atoms with Crippen LogP contribution in [-0.4, -0.2) is 56.3 Å². The molecule has 0 atom stereocenters. The Balaban J connectivity index is 1.37. The molecule has 0 N–H and O–H groups in total. The summed E-state index contributed by atoms with van der Waals surface area (Å²) in [7, 11) is 1.71. The molecule has 6 nitrogen and oxygen atoms in total. The van der Waals surface area contributed by atoms with Crippen LogP contribution in [0.4, 0.5) is 17.5 Å². The second kappa shape index (κ2) is 9.00. The van der Waals surface area contributed by atoms with Crippen LogP contribution in [0.5, 0.6) is 5.75 Å². The maximum Gasteiger partial charge on any atom is 0.228 e. The molecule has 2 aliphatic rings. The first-order chi connectivity index (χ1) is 15.3. The average molecular weight is 418 g/mol. The molecule has 6 heteroatoms. The SMILES string of the molecule is COc1ccc(N2CCN(c3nc(N4CCCCCC4)c4ccccc4n3)CC2)cc1. The van der Waals surface area contributed by atoms with E-state index in [2.05, 4.69) is 51.1 Å². The fourth-order valence-corrected chi connectivity index (χ4v) is 4.67. The summed E-state index contributed by atoms with van der Waals surface area (Å²) < 4.78 is 5.29. The van der Waals surface area contributed by atoms with E-state index in [1.807, 2.05) is 12.1 Å². The minimum absolute atomic E-state index is 0.868. The highest BCUT2D eigenvalue weighted by Crippen LogP contribution is 2.29. The second-order valence-corrected chi connectivity index (χ2v) is 8.44. The van der Waals surface area contributed by atoms with Crippen molar-refractivity contribution >= 4 is 28.4 Å². The quantitative estimate of drug-likeness (QED) is 0.629. The molecule has 31 heavy (non-hydrogen) atoms. The minimum Gasteiger partial charge on any atom is -0.497 e. The average Bonchev–Trinajstić information content (AvgIpc) is 3.13. The lowest BCUT2D eigenvalue weighted by atomic mass is 10.2. The summed E-state index contributed by atoms with van der Waals surface area (Å²) in [4.78, 5) is 17.3. The van der Waals surface area contributed by atoms with Gasteiger partial charge in [-0.05, 0) is 49.2 Å². The van der Waals surface area contributed by atoms with E-state index in [4.69, 9.17) is 14.7 Å². The molecular formula is C25H31N5O. The van der Waals surface area contributed by atoms with Crippen LogP contribution in [0.25, 0.3) is 10.9 Å². The van der Waals surface area contributed by atoms with Gasteiger partial charge in [0.15, 0.2) is 0 Å². The number of benzene rings is 2. The minimum atomic E-state index is 0.868. The Morgan fingerprint density at radius 1 is 0.677 bits per heavy atom. The third-order valence-electron chi connectivity index (χ3n) is 6.48. The van der Waals surface area contributed by atoms with Crippen molar-refractivity contribution in [2.24, 2.45) is 0 Å². The Kier molecular flexibility index (Phi) is 5.78. The smallest absolute Gasteiger partial charge is 0.228 e. The molecule has 0 saturated carbocycles. The summed E-state index contributed by atoms with van der Waals surface area (Å²) in [5.74, 6) is 2.88. The highest BCUT2D eigenvalue weighted by atomic mass is 16.5. The second-order valence-electron chi connectivity index (χ2n) is 8.44. The van der Waals surface area contributed by atoms with E-state index in [-0.39, 0.29) is 0 Å². The molecule has 1 aromatic heterocycles. The van der Waals surface area contributed by atoms with Crippen LogP contribution in [0.15, 0.2) is 48.5 Å². The van der Waals surface area contributed by atoms with Gasteiger partial charge in [0, 0.05) is 50.3 Å². The maximum absolute atomic E-state index is 5.29. The maximum atomic E-state index is 5.29. The summed E-state index contributed by atoms with van der Waals surface area (Å²) in [6.07, 6.45) is 5.13. The lowest BCUT2D eigenvalue weighted by Crippen LogP contribution is -2.47. The molecule has 2 saturated heterocycles. The Morgan fingerprint density at radius 3 is 2.06 bits per heavy atom. The monoisotopic (exact) mass is 417 g/mol. The van der Waals surface area contributed by atoms with Crippen LogP contribution in [-0.2, 0) is 0 Å². The first-order valence-electron chi connectivity index (χ1n) is 11.5. The Bertz CT molecular complexity index is 1010. The molecule has 3 heterocycles. The number of ether oxygens (including phenoxy) is 1. The van der Waals surface area contributed by atoms with E-state index < -0.39 is 0 Å². The van der Waals surface area contributed by atoms with Crippen LogP contribution < -0.4 is 19.4 Å². The van der Waals surface area contributed by atoms with Gasteiger partial charge in [0.25, 0.3) is 0 Å². The summed E-state index contributed by atoms with van der Waals surface area (Å²) in [5.41, 5.74) is 2.29. The standard InChI is InChI=1S/C25H31N5O/c1-31-21-12-10-20(11-13-21)28-16-18-30(19-17-28)25-26-23-9-5-4-8-22(23)24(27-25)29-14-6-2-3-7-15-29/h4-5,8-13H,2-3,6-7,14-19H2,1H3. The first-order valence-corrected chi connectivity index (χ1v) is 11.5. The molecular weight excluding hydrogens is 386 g/mol. The molecule has 2 aliphatic heterocycles. The summed E-state index contributed by atoms with van der Waals surface area (Å²) in [6.45, 7) is 5.94. The number of hydrogen-bond acceptors (Lipinski definition) is 6. The largest absolute Gasteiger partial charge is 0.497 e. The van der Waals surface area contributed by atoms with Crippen molar-refractivity contribution < 1.29 is 4.74 Å². The summed E-state index contributed by atoms with van der Waals surface area (Å²) in [6, 6.07) is 16.8. The van der Waals surface area contributed by atoms with Gasteiger partial charge >= 0.3 is 0 Å². The van der Waals surface area contributed by atoms with E-state index in [9.17, 15) is 0 Å². The lowest BCUT2D eigenvalue weighted by molar-refractivity contribution is 0.415. The lowest BCUT2D eigenvalue weighted by Gasteiger charge is -2.36. The number of hydrogen-bond donors (Lipinski definition) is 0. The zero-order chi connectivity index (χ0) is 21.0. The van der Waals surface area contributed by atoms with Crippen molar-refractivity contribution in [3.8, 4) is 5.75 Å². The Labute approximate surface area is 184 Å². The van der Waals surface area contributed by atoms with Gasteiger partial charge in [-0.1, -0.05) is 25.0 Å². The normalized spacial score (nSPS) is 17.6. The molecule has 5 rings (SSSR count). The van der Waals surface area contributed by atoms with Gasteiger partial charge in [-0.25, -0.2) is 4.98 Å². The van der Waals surface area contributed by atoms with Crippen molar-refractivity contribution in [2.45, 2.75) is 25.7 Å². The van der Waals surface area contributed by atoms with Gasteiger partial charge in [-0.15, -0.1) is 0 Å². The van der Waals surface area contributed by atoms with Crippen molar-refractivity contribution in [1.29, 1.82) is 0 Å². The molecule has 0 aliphatic carbocycles. The topological polar surface area (TPSA) is 44.7 Å². The van der Waals surface area contributed by atoms with Gasteiger partial charge in [-0.2, -0.15) is 4.98 Å². The third-order valence-corrected chi connectivity index (χ3v) is 6.48. The molecule has 0 bridgehead atoms.